The molecule has 1 N–H and O–H groups in total. The zero-order valence-electron chi connectivity index (χ0n) is 22.0. The lowest BCUT2D eigenvalue weighted by Crippen LogP contribution is -2.09. The van der Waals surface area contributed by atoms with E-state index < -0.39 is 17.6 Å². The highest BCUT2D eigenvalue weighted by Crippen LogP contribution is 2.26. The fraction of sp³-hybridized carbons (Fsp3) is 0.161. The molecular formula is C31H24F2N4O4. The molecule has 0 aliphatic rings. The van der Waals surface area contributed by atoms with E-state index in [0.717, 1.165) is 6.07 Å². The fourth-order valence-electron chi connectivity index (χ4n) is 4.46. The van der Waals surface area contributed by atoms with Gasteiger partial charge < -0.3 is 19.1 Å². The van der Waals surface area contributed by atoms with E-state index in [1.54, 1.807) is 49.6 Å². The quantitative estimate of drug-likeness (QED) is 0.234. The Labute approximate surface area is 234 Å². The van der Waals surface area contributed by atoms with Crippen LogP contribution in [0.5, 0.6) is 5.88 Å². The molecule has 0 aliphatic heterocycles. The zero-order valence-corrected chi connectivity index (χ0v) is 22.0. The van der Waals surface area contributed by atoms with Gasteiger partial charge in [-0.15, -0.1) is 0 Å². The predicted molar refractivity (Wildman–Crippen MR) is 146 cm³/mol. The number of nitriles is 1. The van der Waals surface area contributed by atoms with Gasteiger partial charge >= 0.3 is 5.97 Å². The summed E-state index contributed by atoms with van der Waals surface area (Å²) in [5.41, 5.74) is 3.22. The van der Waals surface area contributed by atoms with E-state index in [1.165, 1.54) is 24.3 Å². The monoisotopic (exact) mass is 554 g/mol. The Morgan fingerprint density at radius 1 is 1.02 bits per heavy atom. The first-order valence-electron chi connectivity index (χ1n) is 12.6. The summed E-state index contributed by atoms with van der Waals surface area (Å²) >= 11 is 0. The lowest BCUT2D eigenvalue weighted by Gasteiger charge is -2.11. The molecule has 2 heterocycles. The molecule has 0 aliphatic carbocycles. The predicted octanol–water partition coefficient (Wildman–Crippen LogP) is 5.76. The number of fused-ring (bicyclic) bond motifs is 1. The third-order valence-corrected chi connectivity index (χ3v) is 6.55. The van der Waals surface area contributed by atoms with E-state index >= 15 is 4.39 Å². The molecule has 2 aromatic heterocycles. The summed E-state index contributed by atoms with van der Waals surface area (Å²) in [4.78, 5) is 20.5. The molecule has 0 unspecified atom stereocenters. The number of methoxy groups -OCH3 is 1. The summed E-state index contributed by atoms with van der Waals surface area (Å²) < 4.78 is 42.3. The molecule has 0 bridgehead atoms. The minimum Gasteiger partial charge on any atom is -0.478 e. The van der Waals surface area contributed by atoms with Crippen LogP contribution in [0.25, 0.3) is 22.3 Å². The molecule has 0 atom stereocenters. The van der Waals surface area contributed by atoms with Gasteiger partial charge in [0.25, 0.3) is 0 Å². The maximum absolute atomic E-state index is 15.3. The summed E-state index contributed by atoms with van der Waals surface area (Å²) in [6.45, 7) is 0.744. The number of halogens is 2. The van der Waals surface area contributed by atoms with Crippen molar-refractivity contribution in [2.24, 2.45) is 0 Å². The number of carbonyl (C=O) groups is 1. The van der Waals surface area contributed by atoms with E-state index in [4.69, 9.17) is 14.7 Å². The Morgan fingerprint density at radius 2 is 1.88 bits per heavy atom. The minimum absolute atomic E-state index is 0.104. The Balaban J connectivity index is 1.36. The fourth-order valence-corrected chi connectivity index (χ4v) is 4.46. The van der Waals surface area contributed by atoms with Gasteiger partial charge in [0.2, 0.25) is 5.88 Å². The third-order valence-electron chi connectivity index (χ3n) is 6.55. The maximum atomic E-state index is 15.3. The highest BCUT2D eigenvalue weighted by molar-refractivity contribution is 5.92. The number of aromatic carboxylic acids is 1. The van der Waals surface area contributed by atoms with Crippen molar-refractivity contribution in [2.45, 2.75) is 19.6 Å². The number of ether oxygens (including phenoxy) is 2. The Kier molecular flexibility index (Phi) is 7.99. The number of carboxylic acids is 1. The summed E-state index contributed by atoms with van der Waals surface area (Å²) in [6.07, 6.45) is 0.310. The topological polar surface area (TPSA) is 110 Å². The largest absolute Gasteiger partial charge is 0.478 e. The van der Waals surface area contributed by atoms with Gasteiger partial charge in [-0.25, -0.2) is 23.5 Å². The van der Waals surface area contributed by atoms with Gasteiger partial charge in [0.1, 0.15) is 24.1 Å². The van der Waals surface area contributed by atoms with E-state index in [2.05, 4.69) is 9.97 Å². The van der Waals surface area contributed by atoms with E-state index in [1.807, 2.05) is 10.6 Å². The molecule has 8 nitrogen and oxygen atoms in total. The number of hydrogen-bond donors (Lipinski definition) is 1. The highest BCUT2D eigenvalue weighted by Gasteiger charge is 2.16. The molecule has 0 saturated carbocycles. The third kappa shape index (κ3) is 6.05. The Bertz CT molecular complexity index is 1800. The van der Waals surface area contributed by atoms with Crippen molar-refractivity contribution in [3.8, 4) is 23.2 Å². The first-order valence-corrected chi connectivity index (χ1v) is 12.6. The number of aromatic nitrogens is 3. The van der Waals surface area contributed by atoms with Crippen molar-refractivity contribution < 1.29 is 28.2 Å². The molecule has 0 spiro atoms. The van der Waals surface area contributed by atoms with Crippen molar-refractivity contribution in [2.75, 3.05) is 13.7 Å². The van der Waals surface area contributed by atoms with Crippen LogP contribution in [0.15, 0.2) is 72.8 Å². The second kappa shape index (κ2) is 11.9. The molecular weight excluding hydrogens is 530 g/mol. The van der Waals surface area contributed by atoms with Gasteiger partial charge in [-0.05, 0) is 54.1 Å². The van der Waals surface area contributed by atoms with Crippen LogP contribution in [-0.4, -0.2) is 39.3 Å². The first kappa shape index (κ1) is 27.4. The minimum atomic E-state index is -1.03. The van der Waals surface area contributed by atoms with Crippen LogP contribution in [0.1, 0.15) is 32.9 Å². The number of pyridine rings is 1. The Hall–Kier alpha value is -5.14. The van der Waals surface area contributed by atoms with Gasteiger partial charge in [-0.2, -0.15) is 5.26 Å². The summed E-state index contributed by atoms with van der Waals surface area (Å²) in [5, 5.41) is 18.3. The molecule has 0 radical (unpaired) electrons. The molecule has 3 aromatic carbocycles. The van der Waals surface area contributed by atoms with Gasteiger partial charge in [0, 0.05) is 37.3 Å². The first-order chi connectivity index (χ1) is 19.9. The molecule has 5 aromatic rings. The van der Waals surface area contributed by atoms with Crippen LogP contribution in [0.2, 0.25) is 0 Å². The molecule has 5 rings (SSSR count). The zero-order chi connectivity index (χ0) is 28.9. The van der Waals surface area contributed by atoms with Crippen LogP contribution in [0, 0.1) is 23.0 Å². The van der Waals surface area contributed by atoms with Crippen LogP contribution in [0.3, 0.4) is 0 Å². The highest BCUT2D eigenvalue weighted by atomic mass is 19.1. The lowest BCUT2D eigenvalue weighted by atomic mass is 10.1. The second-order valence-electron chi connectivity index (χ2n) is 9.24. The summed E-state index contributed by atoms with van der Waals surface area (Å²) in [5.74, 6) is -1.23. The van der Waals surface area contributed by atoms with E-state index in [9.17, 15) is 14.3 Å². The lowest BCUT2D eigenvalue weighted by molar-refractivity contribution is 0.0697. The number of nitrogens with zero attached hydrogens (tertiary/aromatic N) is 4. The van der Waals surface area contributed by atoms with Crippen molar-refractivity contribution in [3.63, 3.8) is 0 Å². The molecule has 206 valence electrons. The van der Waals surface area contributed by atoms with Crippen LogP contribution in [-0.2, 0) is 24.3 Å². The van der Waals surface area contributed by atoms with Crippen LogP contribution < -0.4 is 4.74 Å². The Morgan fingerprint density at radius 3 is 2.61 bits per heavy atom. The molecule has 0 fully saturated rings. The molecule has 10 heteroatoms. The second-order valence-corrected chi connectivity index (χ2v) is 9.24. The molecule has 0 amide bonds. The smallest absolute Gasteiger partial charge is 0.335 e. The summed E-state index contributed by atoms with van der Waals surface area (Å²) in [7, 11) is 1.58. The van der Waals surface area contributed by atoms with Crippen LogP contribution >= 0.6 is 0 Å². The number of hydrogen-bond acceptors (Lipinski definition) is 6. The molecule has 41 heavy (non-hydrogen) atoms. The number of carboxylic acid groups (broad SMARTS) is 1. The standard InChI is InChI=1S/C31H24F2N4O4/c1-40-12-11-37-28-16-21(31(38)39)8-10-27(28)35-29(37)15-19-6-9-23(25(33)13-19)26-3-2-4-30(36-26)41-18-22-7-5-20(17-34)14-24(22)32/h2-10,13-14,16H,11-12,15,18H2,1H3,(H,38,39). The average Bonchev–Trinajstić information content (AvgIpc) is 3.31. The van der Waals surface area contributed by atoms with Crippen LogP contribution in [0.4, 0.5) is 8.78 Å². The normalized spacial score (nSPS) is 11.0. The van der Waals surface area contributed by atoms with Crippen molar-refractivity contribution in [1.29, 1.82) is 5.26 Å². The summed E-state index contributed by atoms with van der Waals surface area (Å²) in [6, 6.07) is 20.5. The van der Waals surface area contributed by atoms with Gasteiger partial charge in [0.15, 0.2) is 0 Å². The van der Waals surface area contributed by atoms with Gasteiger partial charge in [-0.3, -0.25) is 0 Å². The number of benzene rings is 3. The van der Waals surface area contributed by atoms with Crippen molar-refractivity contribution in [3.05, 3.63) is 113 Å². The number of imidazole rings is 1. The SMILES string of the molecule is COCCn1c(Cc2ccc(-c3cccc(OCc4ccc(C#N)cc4F)n3)c(F)c2)nc2ccc(C(=O)O)cc21. The maximum Gasteiger partial charge on any atom is 0.335 e. The van der Waals surface area contributed by atoms with E-state index in [-0.39, 0.29) is 34.7 Å². The molecule has 0 saturated heterocycles. The van der Waals surface area contributed by atoms with Crippen molar-refractivity contribution in [1.82, 2.24) is 14.5 Å². The van der Waals surface area contributed by atoms with Crippen molar-refractivity contribution >= 4 is 17.0 Å². The van der Waals surface area contributed by atoms with Gasteiger partial charge in [0.05, 0.1) is 40.5 Å². The number of rotatable bonds is 10. The van der Waals surface area contributed by atoms with Gasteiger partial charge in [-0.1, -0.05) is 18.2 Å². The average molecular weight is 555 g/mol. The van der Waals surface area contributed by atoms with E-state index in [0.29, 0.717) is 47.7 Å².